The Balaban J connectivity index is 0.00000106. The van der Waals surface area contributed by atoms with Crippen LogP contribution < -0.4 is 4.74 Å². The van der Waals surface area contributed by atoms with E-state index in [1.165, 1.54) is 31.2 Å². The van der Waals surface area contributed by atoms with Crippen molar-refractivity contribution in [1.82, 2.24) is 0 Å². The van der Waals surface area contributed by atoms with Gasteiger partial charge in [0.15, 0.2) is 0 Å². The van der Waals surface area contributed by atoms with Gasteiger partial charge in [0, 0.05) is 0 Å². The number of aryl methyl sites for hydroxylation is 1. The zero-order chi connectivity index (χ0) is 43.7. The molecule has 316 valence electrons. The van der Waals surface area contributed by atoms with Crippen LogP contribution in [0, 0.1) is 0 Å². The van der Waals surface area contributed by atoms with Gasteiger partial charge in [-0.15, -0.1) is 0 Å². The smallest absolute Gasteiger partial charge is 0.422 e. The molecule has 2 aromatic carbocycles. The highest BCUT2D eigenvalue weighted by molar-refractivity contribution is 7.58. The minimum absolute atomic E-state index is 0.383. The fourth-order valence-electron chi connectivity index (χ4n) is 3.79. The summed E-state index contributed by atoms with van der Waals surface area (Å²) in [5.41, 5.74) is 1.45. The van der Waals surface area contributed by atoms with Crippen molar-refractivity contribution in [2.75, 3.05) is 0 Å². The van der Waals surface area contributed by atoms with Crippen molar-refractivity contribution >= 4 is 18.6 Å². The number of carbonyl (C=O) groups excluding carboxylic acids is 1. The molecular formula is C29H22F23O2S+. The average molecular weight is 872 g/mol. The molecular weight excluding hydrogens is 849 g/mol. The standard InChI is InChI=1S/C18H5F23O2.C11H16S/c19-8(20,7(42)43-6-4-2-1-3-5-6)9(21,22)10(23,24)11(25,26)12(27,28)13(29,30)14(31,32)15(33,34)16(35,36)17(37,38)18(39,40)41;1-2-3-4-5-10-6-8-11(12)9-7-10/h1-5H;6-9,12H,2-5H2,1H3/p+1. The molecule has 0 unspecified atom stereocenters. The van der Waals surface area contributed by atoms with Gasteiger partial charge < -0.3 is 4.74 Å². The quantitative estimate of drug-likeness (QED) is 0.0586. The first-order valence-electron chi connectivity index (χ1n) is 14.3. The van der Waals surface area contributed by atoms with E-state index in [0.717, 1.165) is 23.1 Å². The van der Waals surface area contributed by atoms with Gasteiger partial charge in [-0.3, -0.25) is 0 Å². The summed E-state index contributed by atoms with van der Waals surface area (Å²) >= 11 is 3.48. The second-order valence-corrected chi connectivity index (χ2v) is 11.7. The van der Waals surface area contributed by atoms with E-state index < -0.39 is 77.1 Å². The Bertz CT molecular complexity index is 1570. The van der Waals surface area contributed by atoms with Crippen LogP contribution in [-0.2, 0) is 23.8 Å². The molecule has 55 heavy (non-hydrogen) atoms. The van der Waals surface area contributed by atoms with Gasteiger partial charge >= 0.3 is 71.4 Å². The lowest BCUT2D eigenvalue weighted by Gasteiger charge is -2.44. The summed E-state index contributed by atoms with van der Waals surface area (Å²) in [5.74, 6) is -95.1. The van der Waals surface area contributed by atoms with Gasteiger partial charge in [-0.1, -0.05) is 50.1 Å². The molecule has 0 spiro atoms. The summed E-state index contributed by atoms with van der Waals surface area (Å²) in [6.07, 6.45) is -2.95. The third-order valence-corrected chi connectivity index (χ3v) is 7.47. The predicted octanol–water partition coefficient (Wildman–Crippen LogP) is 11.3. The van der Waals surface area contributed by atoms with Gasteiger partial charge in [-0.25, -0.2) is 4.79 Å². The molecule has 0 aliphatic rings. The predicted molar refractivity (Wildman–Crippen MR) is 146 cm³/mol. The lowest BCUT2D eigenvalue weighted by Crippen LogP contribution is -2.78. The van der Waals surface area contributed by atoms with Crippen LogP contribution in [0.1, 0.15) is 31.7 Å². The molecule has 0 N–H and O–H groups in total. The van der Waals surface area contributed by atoms with Crippen LogP contribution in [0.5, 0.6) is 5.75 Å². The molecule has 2 rings (SSSR count). The van der Waals surface area contributed by atoms with Crippen molar-refractivity contribution in [1.29, 1.82) is 0 Å². The van der Waals surface area contributed by atoms with E-state index in [1.807, 2.05) is 0 Å². The van der Waals surface area contributed by atoms with Crippen molar-refractivity contribution in [3.05, 3.63) is 60.2 Å². The second kappa shape index (κ2) is 15.9. The highest BCUT2D eigenvalue weighted by Gasteiger charge is 2.99. The van der Waals surface area contributed by atoms with Crippen molar-refractivity contribution < 1.29 is 111 Å². The molecule has 0 heterocycles. The van der Waals surface area contributed by atoms with Crippen LogP contribution in [0.2, 0.25) is 0 Å². The molecule has 0 aliphatic heterocycles. The van der Waals surface area contributed by atoms with Crippen molar-refractivity contribution in [3.8, 4) is 5.75 Å². The fourth-order valence-corrected chi connectivity index (χ4v) is 3.96. The number of hydrogen-bond acceptors (Lipinski definition) is 2. The molecule has 2 aromatic rings. The van der Waals surface area contributed by atoms with Gasteiger partial charge in [0.05, 0.1) is 0 Å². The zero-order valence-corrected chi connectivity index (χ0v) is 27.5. The highest BCUT2D eigenvalue weighted by Crippen LogP contribution is 2.67. The molecule has 2 nitrogen and oxygen atoms in total. The highest BCUT2D eigenvalue weighted by atomic mass is 32.1. The topological polar surface area (TPSA) is 26.3 Å². The Morgan fingerprint density at radius 1 is 0.491 bits per heavy atom. The van der Waals surface area contributed by atoms with Crippen molar-refractivity contribution in [2.24, 2.45) is 0 Å². The molecule has 0 bridgehead atoms. The van der Waals surface area contributed by atoms with Gasteiger partial charge in [0.1, 0.15) is 10.6 Å². The SMILES string of the molecule is CCCCCc1ccc([SH2+])cc1.O=C(Oc1ccccc1)C(F)(F)C(F)(F)C(F)(F)C(F)(F)C(F)(F)C(F)(F)C(F)(F)C(F)(F)C(F)(F)C(F)(F)C(F)(F)F. The third kappa shape index (κ3) is 8.37. The number of ether oxygens (including phenoxy) is 1. The van der Waals surface area contributed by atoms with Crippen LogP contribution in [0.3, 0.4) is 0 Å². The number of rotatable bonds is 15. The lowest BCUT2D eigenvalue weighted by atomic mass is 9.85. The number of unbranched alkanes of at least 4 members (excludes halogenated alkanes) is 2. The minimum Gasteiger partial charge on any atom is -0.422 e. The number of carbonyl (C=O) groups is 1. The number of esters is 1. The molecule has 0 saturated carbocycles. The first-order chi connectivity index (χ1) is 24.3. The summed E-state index contributed by atoms with van der Waals surface area (Å²) in [6, 6.07) is 11.8. The van der Waals surface area contributed by atoms with E-state index in [9.17, 15) is 106 Å². The maximum absolute atomic E-state index is 13.8. The van der Waals surface area contributed by atoms with Crippen LogP contribution in [0.25, 0.3) is 0 Å². The molecule has 0 fully saturated rings. The second-order valence-electron chi connectivity index (χ2n) is 11.1. The molecule has 0 atom stereocenters. The first kappa shape index (κ1) is 49.7. The Hall–Kier alpha value is -3.35. The molecule has 0 saturated heterocycles. The van der Waals surface area contributed by atoms with Crippen LogP contribution in [0.4, 0.5) is 101 Å². The van der Waals surface area contributed by atoms with Crippen LogP contribution >= 0.6 is 0 Å². The largest absolute Gasteiger partial charge is 0.460 e. The Kier molecular flexibility index (Phi) is 14.3. The molecule has 0 amide bonds. The first-order valence-corrected chi connectivity index (χ1v) is 14.8. The molecule has 0 aliphatic carbocycles. The number of benzene rings is 2. The number of alkyl halides is 23. The van der Waals surface area contributed by atoms with Gasteiger partial charge in [0.25, 0.3) is 0 Å². The summed E-state index contributed by atoms with van der Waals surface area (Å²) in [5, 5.41) is 0. The van der Waals surface area contributed by atoms with Gasteiger partial charge in [0.2, 0.25) is 0 Å². The lowest BCUT2D eigenvalue weighted by molar-refractivity contribution is -0.477. The summed E-state index contributed by atoms with van der Waals surface area (Å²) in [6.45, 7) is 2.24. The summed E-state index contributed by atoms with van der Waals surface area (Å²) in [7, 11) is 0. The monoisotopic (exact) mass is 871 g/mol. The number of halogens is 23. The maximum Gasteiger partial charge on any atom is 0.460 e. The normalized spacial score (nSPS) is 14.6. The van der Waals surface area contributed by atoms with Gasteiger partial charge in [-0.2, -0.15) is 101 Å². The average Bonchev–Trinajstić information content (AvgIpc) is 3.05. The fraction of sp³-hybridized carbons (Fsp3) is 0.552. The maximum atomic E-state index is 13.8. The Morgan fingerprint density at radius 2 is 0.836 bits per heavy atom. The van der Waals surface area contributed by atoms with Crippen molar-refractivity contribution in [2.45, 2.75) is 103 Å². The third-order valence-electron chi connectivity index (χ3n) is 7.14. The number of para-hydroxylation sites is 1. The van der Waals surface area contributed by atoms with E-state index in [4.69, 9.17) is 0 Å². The minimum atomic E-state index is -9.50. The van der Waals surface area contributed by atoms with E-state index in [0.29, 0.717) is 12.1 Å². The Labute approximate surface area is 298 Å². The van der Waals surface area contributed by atoms with Crippen molar-refractivity contribution in [3.63, 3.8) is 0 Å². The van der Waals surface area contributed by atoms with E-state index in [1.54, 1.807) is 0 Å². The van der Waals surface area contributed by atoms with E-state index >= 15 is 0 Å². The van der Waals surface area contributed by atoms with Crippen LogP contribution in [0.15, 0.2) is 59.5 Å². The summed E-state index contributed by atoms with van der Waals surface area (Å²) < 4.78 is 310. The Morgan fingerprint density at radius 3 is 1.18 bits per heavy atom. The van der Waals surface area contributed by atoms with E-state index in [-0.39, 0.29) is 0 Å². The molecule has 26 heteroatoms. The zero-order valence-electron chi connectivity index (χ0n) is 26.5. The summed E-state index contributed by atoms with van der Waals surface area (Å²) in [4.78, 5) is 12.4. The van der Waals surface area contributed by atoms with Crippen LogP contribution in [-0.4, -0.2) is 71.4 Å². The van der Waals surface area contributed by atoms with E-state index in [2.05, 4.69) is 48.6 Å². The molecule has 0 aromatic heterocycles. The molecule has 0 radical (unpaired) electrons. The number of hydrogen-bond donors (Lipinski definition) is 0. The van der Waals surface area contributed by atoms with Gasteiger partial charge in [-0.05, 0) is 55.3 Å².